The van der Waals surface area contributed by atoms with Crippen molar-refractivity contribution in [2.24, 2.45) is 5.73 Å². The third-order valence-electron chi connectivity index (χ3n) is 2.29. The standard InChI is InChI=1S/C10H20N6O3S/c1-10(2,14-20(3,18)19)7-12-9(17)6-16-5-8(4-11)13-15-16/h5,14H,4,6-7,11H2,1-3H3,(H,12,17). The van der Waals surface area contributed by atoms with Crippen LogP contribution in [0.2, 0.25) is 0 Å². The van der Waals surface area contributed by atoms with Gasteiger partial charge >= 0.3 is 0 Å². The molecule has 1 rings (SSSR count). The van der Waals surface area contributed by atoms with Gasteiger partial charge in [0.2, 0.25) is 15.9 Å². The predicted octanol–water partition coefficient (Wildman–Crippen LogP) is -1.82. The van der Waals surface area contributed by atoms with Crippen LogP contribution in [0.15, 0.2) is 6.20 Å². The van der Waals surface area contributed by atoms with Crippen molar-refractivity contribution >= 4 is 15.9 Å². The molecule has 0 aliphatic rings. The fourth-order valence-electron chi connectivity index (χ4n) is 1.57. The summed E-state index contributed by atoms with van der Waals surface area (Å²) < 4.78 is 26.1. The van der Waals surface area contributed by atoms with Crippen molar-refractivity contribution in [3.63, 3.8) is 0 Å². The Morgan fingerprint density at radius 2 is 2.15 bits per heavy atom. The van der Waals surface area contributed by atoms with Gasteiger partial charge in [-0.05, 0) is 13.8 Å². The van der Waals surface area contributed by atoms with E-state index in [1.807, 2.05) is 0 Å². The zero-order valence-corrected chi connectivity index (χ0v) is 12.6. The van der Waals surface area contributed by atoms with E-state index in [2.05, 4.69) is 20.4 Å². The number of hydrogen-bond acceptors (Lipinski definition) is 6. The molecule has 0 radical (unpaired) electrons. The molecule has 1 heterocycles. The summed E-state index contributed by atoms with van der Waals surface area (Å²) in [6.45, 7) is 3.78. The Labute approximate surface area is 118 Å². The van der Waals surface area contributed by atoms with Crippen LogP contribution in [0.3, 0.4) is 0 Å². The third-order valence-corrected chi connectivity index (χ3v) is 3.21. The van der Waals surface area contributed by atoms with Crippen molar-refractivity contribution in [2.75, 3.05) is 12.8 Å². The molecular formula is C10H20N6O3S. The fourth-order valence-corrected chi connectivity index (χ4v) is 2.65. The topological polar surface area (TPSA) is 132 Å². The minimum atomic E-state index is -3.33. The molecule has 4 N–H and O–H groups in total. The highest BCUT2D eigenvalue weighted by molar-refractivity contribution is 7.88. The molecule has 1 aromatic heterocycles. The Hall–Kier alpha value is -1.52. The minimum absolute atomic E-state index is 0.00194. The van der Waals surface area contributed by atoms with E-state index >= 15 is 0 Å². The van der Waals surface area contributed by atoms with Crippen molar-refractivity contribution in [2.45, 2.75) is 32.5 Å². The second-order valence-corrected chi connectivity index (χ2v) is 6.89. The Kier molecular flexibility index (Phi) is 5.20. The molecule has 0 bridgehead atoms. The number of hydrogen-bond donors (Lipinski definition) is 3. The Balaban J connectivity index is 2.47. The van der Waals surface area contributed by atoms with Gasteiger partial charge in [0.05, 0.1) is 18.1 Å². The number of aromatic nitrogens is 3. The second kappa shape index (κ2) is 6.29. The van der Waals surface area contributed by atoms with E-state index in [1.54, 1.807) is 20.0 Å². The summed E-state index contributed by atoms with van der Waals surface area (Å²) in [7, 11) is -3.33. The number of nitrogens with zero attached hydrogens (tertiary/aromatic N) is 3. The number of nitrogens with two attached hydrogens (primary N) is 1. The first-order chi connectivity index (χ1) is 9.11. The van der Waals surface area contributed by atoms with Crippen molar-refractivity contribution in [3.8, 4) is 0 Å². The van der Waals surface area contributed by atoms with Crippen LogP contribution < -0.4 is 15.8 Å². The van der Waals surface area contributed by atoms with E-state index in [-0.39, 0.29) is 25.5 Å². The van der Waals surface area contributed by atoms with Crippen LogP contribution in [-0.2, 0) is 27.9 Å². The van der Waals surface area contributed by atoms with Crippen molar-refractivity contribution in [1.82, 2.24) is 25.0 Å². The normalized spacial score (nSPS) is 12.4. The van der Waals surface area contributed by atoms with Crippen LogP contribution >= 0.6 is 0 Å². The van der Waals surface area contributed by atoms with Gasteiger partial charge < -0.3 is 11.1 Å². The van der Waals surface area contributed by atoms with Crippen LogP contribution in [-0.4, -0.2) is 47.7 Å². The summed E-state index contributed by atoms with van der Waals surface area (Å²) in [4.78, 5) is 11.7. The summed E-state index contributed by atoms with van der Waals surface area (Å²) >= 11 is 0. The van der Waals surface area contributed by atoms with Crippen molar-refractivity contribution in [1.29, 1.82) is 0 Å². The van der Waals surface area contributed by atoms with Gasteiger partial charge in [0.15, 0.2) is 0 Å². The predicted molar refractivity (Wildman–Crippen MR) is 73.0 cm³/mol. The third kappa shape index (κ3) is 6.08. The molecule has 0 spiro atoms. The molecule has 1 aromatic rings. The summed E-state index contributed by atoms with van der Waals surface area (Å²) in [6.07, 6.45) is 2.65. The van der Waals surface area contributed by atoms with E-state index in [0.29, 0.717) is 5.69 Å². The number of carbonyl (C=O) groups is 1. The van der Waals surface area contributed by atoms with Crippen LogP contribution in [0.25, 0.3) is 0 Å². The molecule has 1 amide bonds. The van der Waals surface area contributed by atoms with Crippen molar-refractivity contribution in [3.05, 3.63) is 11.9 Å². The molecule has 0 aromatic carbocycles. The first kappa shape index (κ1) is 16.5. The highest BCUT2D eigenvalue weighted by Gasteiger charge is 2.22. The van der Waals surface area contributed by atoms with Gasteiger partial charge in [0.25, 0.3) is 0 Å². The smallest absolute Gasteiger partial charge is 0.241 e. The molecule has 0 unspecified atom stereocenters. The molecule has 0 fully saturated rings. The Morgan fingerprint density at radius 3 is 2.65 bits per heavy atom. The van der Waals surface area contributed by atoms with Crippen LogP contribution in [0.4, 0.5) is 0 Å². The second-order valence-electron chi connectivity index (χ2n) is 5.15. The quantitative estimate of drug-likeness (QED) is 0.543. The first-order valence-corrected chi connectivity index (χ1v) is 7.85. The van der Waals surface area contributed by atoms with Gasteiger partial charge in [0.1, 0.15) is 6.54 Å². The zero-order chi connectivity index (χ0) is 15.4. The van der Waals surface area contributed by atoms with Crippen LogP contribution in [0, 0.1) is 0 Å². The SMILES string of the molecule is CC(C)(CNC(=O)Cn1cc(CN)nn1)NS(C)(=O)=O. The van der Waals surface area contributed by atoms with E-state index < -0.39 is 15.6 Å². The maximum absolute atomic E-state index is 11.7. The lowest BCUT2D eigenvalue weighted by Crippen LogP contribution is -2.51. The van der Waals surface area contributed by atoms with Gasteiger partial charge in [-0.3, -0.25) is 4.79 Å². The molecule has 10 heteroatoms. The maximum atomic E-state index is 11.7. The molecule has 0 aliphatic carbocycles. The average Bonchev–Trinajstić information content (AvgIpc) is 2.71. The lowest BCUT2D eigenvalue weighted by molar-refractivity contribution is -0.122. The fraction of sp³-hybridized carbons (Fsp3) is 0.700. The van der Waals surface area contributed by atoms with E-state index in [9.17, 15) is 13.2 Å². The van der Waals surface area contributed by atoms with E-state index in [4.69, 9.17) is 5.73 Å². The van der Waals surface area contributed by atoms with E-state index in [1.165, 1.54) is 4.68 Å². The van der Waals surface area contributed by atoms with Gasteiger partial charge in [-0.1, -0.05) is 5.21 Å². The van der Waals surface area contributed by atoms with Crippen LogP contribution in [0.1, 0.15) is 19.5 Å². The molecule has 9 nitrogen and oxygen atoms in total. The number of sulfonamides is 1. The maximum Gasteiger partial charge on any atom is 0.241 e. The highest BCUT2D eigenvalue weighted by atomic mass is 32.2. The summed E-state index contributed by atoms with van der Waals surface area (Å²) in [5, 5.41) is 10.1. The average molecular weight is 304 g/mol. The van der Waals surface area contributed by atoms with E-state index in [0.717, 1.165) is 6.26 Å². The van der Waals surface area contributed by atoms with Gasteiger partial charge in [-0.25, -0.2) is 17.8 Å². The lowest BCUT2D eigenvalue weighted by Gasteiger charge is -2.25. The van der Waals surface area contributed by atoms with Gasteiger partial charge in [-0.2, -0.15) is 0 Å². The van der Waals surface area contributed by atoms with Gasteiger partial charge in [-0.15, -0.1) is 5.10 Å². The molecular weight excluding hydrogens is 284 g/mol. The minimum Gasteiger partial charge on any atom is -0.353 e. The number of carbonyl (C=O) groups excluding carboxylic acids is 1. The summed E-state index contributed by atoms with van der Waals surface area (Å²) in [5.74, 6) is -0.290. The number of amides is 1. The van der Waals surface area contributed by atoms with Gasteiger partial charge in [0, 0.05) is 18.6 Å². The molecule has 0 saturated carbocycles. The number of nitrogens with one attached hydrogen (secondary N) is 2. The zero-order valence-electron chi connectivity index (χ0n) is 11.8. The van der Waals surface area contributed by atoms with Crippen molar-refractivity contribution < 1.29 is 13.2 Å². The van der Waals surface area contributed by atoms with Crippen LogP contribution in [0.5, 0.6) is 0 Å². The number of rotatable bonds is 7. The highest BCUT2D eigenvalue weighted by Crippen LogP contribution is 2.02. The lowest BCUT2D eigenvalue weighted by atomic mass is 10.1. The molecule has 0 aliphatic heterocycles. The molecule has 0 saturated heterocycles. The largest absolute Gasteiger partial charge is 0.353 e. The Morgan fingerprint density at radius 1 is 1.50 bits per heavy atom. The molecule has 0 atom stereocenters. The first-order valence-electron chi connectivity index (χ1n) is 5.96. The Bertz CT molecular complexity index is 565. The molecule has 114 valence electrons. The summed E-state index contributed by atoms with van der Waals surface area (Å²) in [5.41, 5.74) is 5.21. The summed E-state index contributed by atoms with van der Waals surface area (Å²) in [6, 6.07) is 0. The molecule has 20 heavy (non-hydrogen) atoms. The monoisotopic (exact) mass is 304 g/mol.